The number of allylic oxidation sites excluding steroid dienone is 6. The molecule has 138 valence electrons. The Balaban J connectivity index is 1.91. The average Bonchev–Trinajstić information content (AvgIpc) is 2.87. The molecule has 0 aromatic heterocycles. The van der Waals surface area contributed by atoms with Crippen molar-refractivity contribution in [2.24, 2.45) is 0 Å². The number of carboxylic acids is 1. The van der Waals surface area contributed by atoms with Gasteiger partial charge in [-0.3, -0.25) is 0 Å². The highest BCUT2D eigenvalue weighted by Crippen LogP contribution is 2.47. The van der Waals surface area contributed by atoms with E-state index in [9.17, 15) is 4.79 Å². The van der Waals surface area contributed by atoms with Gasteiger partial charge in [0.15, 0.2) is 6.10 Å². The number of hydrogen-bond donors (Lipinski definition) is 1. The van der Waals surface area contributed by atoms with Gasteiger partial charge < -0.3 is 9.84 Å². The van der Waals surface area contributed by atoms with Crippen LogP contribution in [0.1, 0.15) is 51.0 Å². The molecule has 1 saturated carbocycles. The van der Waals surface area contributed by atoms with Crippen LogP contribution in [0.2, 0.25) is 0 Å². The Morgan fingerprint density at radius 3 is 2.50 bits per heavy atom. The minimum Gasteiger partial charge on any atom is -0.479 e. The molecular formula is C22H25ClO3. The van der Waals surface area contributed by atoms with E-state index in [4.69, 9.17) is 21.4 Å². The second-order valence-electron chi connectivity index (χ2n) is 7.12. The molecule has 0 aliphatic heterocycles. The van der Waals surface area contributed by atoms with E-state index in [0.29, 0.717) is 5.75 Å². The van der Waals surface area contributed by atoms with Crippen molar-refractivity contribution >= 4 is 17.6 Å². The zero-order valence-electron chi connectivity index (χ0n) is 15.1. The molecule has 0 bridgehead atoms. The molecule has 1 fully saturated rings. The first-order valence-electron chi connectivity index (χ1n) is 9.25. The van der Waals surface area contributed by atoms with E-state index in [1.54, 1.807) is 0 Å². The Morgan fingerprint density at radius 2 is 1.85 bits per heavy atom. The van der Waals surface area contributed by atoms with Gasteiger partial charge in [-0.1, -0.05) is 60.7 Å². The standard InChI is InChI=1S/C22H25ClO3/c1-16(21(24)25)26-20-12-9-18(10-13-20)22(14-3-2-4-15-22)17-6-5-7-19(23)11-8-17/h5,7-13,16H,2-4,6,14-15H2,1H3,(H,24,25). The monoisotopic (exact) mass is 372 g/mol. The second-order valence-corrected chi connectivity index (χ2v) is 7.55. The van der Waals surface area contributed by atoms with E-state index in [-0.39, 0.29) is 5.41 Å². The summed E-state index contributed by atoms with van der Waals surface area (Å²) >= 11 is 6.18. The fourth-order valence-electron chi connectivity index (χ4n) is 4.01. The van der Waals surface area contributed by atoms with Gasteiger partial charge >= 0.3 is 5.97 Å². The normalized spacial score (nSPS) is 20.5. The predicted molar refractivity (Wildman–Crippen MR) is 105 cm³/mol. The summed E-state index contributed by atoms with van der Waals surface area (Å²) in [4.78, 5) is 11.0. The van der Waals surface area contributed by atoms with Crippen LogP contribution >= 0.6 is 11.6 Å². The fraction of sp³-hybridized carbons (Fsp3) is 0.409. The maximum atomic E-state index is 11.0. The summed E-state index contributed by atoms with van der Waals surface area (Å²) in [6.07, 6.45) is 14.3. The molecule has 26 heavy (non-hydrogen) atoms. The largest absolute Gasteiger partial charge is 0.479 e. The Morgan fingerprint density at radius 1 is 1.15 bits per heavy atom. The molecule has 0 radical (unpaired) electrons. The summed E-state index contributed by atoms with van der Waals surface area (Å²) < 4.78 is 5.48. The van der Waals surface area contributed by atoms with Crippen molar-refractivity contribution in [3.05, 3.63) is 64.7 Å². The Labute approximate surface area is 160 Å². The van der Waals surface area contributed by atoms with Crippen LogP contribution < -0.4 is 4.74 Å². The lowest BCUT2D eigenvalue weighted by Crippen LogP contribution is -2.31. The fourth-order valence-corrected chi connectivity index (χ4v) is 4.17. The smallest absolute Gasteiger partial charge is 0.344 e. The van der Waals surface area contributed by atoms with Crippen molar-refractivity contribution in [2.75, 3.05) is 0 Å². The number of carbonyl (C=O) groups is 1. The van der Waals surface area contributed by atoms with Crippen molar-refractivity contribution in [3.8, 4) is 5.75 Å². The van der Waals surface area contributed by atoms with Crippen molar-refractivity contribution in [1.29, 1.82) is 0 Å². The van der Waals surface area contributed by atoms with Crippen LogP contribution in [0.5, 0.6) is 5.75 Å². The maximum absolute atomic E-state index is 11.0. The minimum atomic E-state index is -0.961. The van der Waals surface area contributed by atoms with Crippen molar-refractivity contribution in [3.63, 3.8) is 0 Å². The number of aliphatic carboxylic acids is 1. The highest BCUT2D eigenvalue weighted by molar-refractivity contribution is 6.31. The number of ether oxygens (including phenoxy) is 1. The van der Waals surface area contributed by atoms with Gasteiger partial charge in [-0.2, -0.15) is 0 Å². The number of hydrogen-bond acceptors (Lipinski definition) is 2. The molecule has 1 unspecified atom stereocenters. The first kappa shape index (κ1) is 18.8. The molecule has 3 rings (SSSR count). The SMILES string of the molecule is CC(Oc1ccc(C2(C3=CC=C(Cl)C=CC3)CCCCC2)cc1)C(=O)O. The molecule has 3 nitrogen and oxygen atoms in total. The summed E-state index contributed by atoms with van der Waals surface area (Å²) in [6, 6.07) is 7.97. The Bertz CT molecular complexity index is 737. The molecule has 2 aliphatic rings. The highest BCUT2D eigenvalue weighted by Gasteiger charge is 2.36. The average molecular weight is 373 g/mol. The van der Waals surface area contributed by atoms with E-state index >= 15 is 0 Å². The molecule has 0 saturated heterocycles. The van der Waals surface area contributed by atoms with Gasteiger partial charge in [-0.05, 0) is 56.0 Å². The van der Waals surface area contributed by atoms with E-state index in [1.165, 1.54) is 37.3 Å². The topological polar surface area (TPSA) is 46.5 Å². The lowest BCUT2D eigenvalue weighted by Gasteiger charge is -2.40. The predicted octanol–water partition coefficient (Wildman–Crippen LogP) is 5.75. The number of carboxylic acid groups (broad SMARTS) is 1. The van der Waals surface area contributed by atoms with E-state index in [2.05, 4.69) is 24.3 Å². The molecule has 0 heterocycles. The van der Waals surface area contributed by atoms with Crippen molar-refractivity contribution in [2.45, 2.75) is 57.0 Å². The van der Waals surface area contributed by atoms with Crippen LogP contribution in [0.3, 0.4) is 0 Å². The first-order valence-corrected chi connectivity index (χ1v) is 9.62. The quantitative estimate of drug-likeness (QED) is 0.715. The molecule has 1 N–H and O–H groups in total. The van der Waals surface area contributed by atoms with Crippen LogP contribution in [0.15, 0.2) is 59.2 Å². The Kier molecular flexibility index (Phi) is 5.87. The van der Waals surface area contributed by atoms with Crippen LogP contribution in [-0.4, -0.2) is 17.2 Å². The van der Waals surface area contributed by atoms with Gasteiger partial charge in [0.05, 0.1) is 0 Å². The summed E-state index contributed by atoms with van der Waals surface area (Å²) in [5.41, 5.74) is 2.70. The zero-order valence-corrected chi connectivity index (χ0v) is 15.8. The van der Waals surface area contributed by atoms with Crippen LogP contribution in [0.4, 0.5) is 0 Å². The van der Waals surface area contributed by atoms with Gasteiger partial charge in [0.2, 0.25) is 0 Å². The van der Waals surface area contributed by atoms with Crippen LogP contribution in [-0.2, 0) is 10.2 Å². The molecule has 1 aromatic carbocycles. The lowest BCUT2D eigenvalue weighted by molar-refractivity contribution is -0.144. The second kappa shape index (κ2) is 8.13. The van der Waals surface area contributed by atoms with Crippen LogP contribution in [0, 0.1) is 0 Å². The van der Waals surface area contributed by atoms with E-state index in [0.717, 1.165) is 24.3 Å². The van der Waals surface area contributed by atoms with Gasteiger partial charge in [-0.25, -0.2) is 4.79 Å². The van der Waals surface area contributed by atoms with Crippen LogP contribution in [0.25, 0.3) is 0 Å². The highest BCUT2D eigenvalue weighted by atomic mass is 35.5. The molecule has 1 atom stereocenters. The molecule has 2 aliphatic carbocycles. The zero-order chi connectivity index (χ0) is 18.6. The first-order chi connectivity index (χ1) is 12.5. The molecule has 1 aromatic rings. The minimum absolute atomic E-state index is 0.0253. The summed E-state index contributed by atoms with van der Waals surface area (Å²) in [6.45, 7) is 1.54. The number of benzene rings is 1. The summed E-state index contributed by atoms with van der Waals surface area (Å²) in [7, 11) is 0. The van der Waals surface area contributed by atoms with E-state index < -0.39 is 12.1 Å². The van der Waals surface area contributed by atoms with Gasteiger partial charge in [0.1, 0.15) is 5.75 Å². The number of rotatable bonds is 5. The third-order valence-electron chi connectivity index (χ3n) is 5.45. The van der Waals surface area contributed by atoms with Crippen molar-refractivity contribution in [1.82, 2.24) is 0 Å². The van der Waals surface area contributed by atoms with Gasteiger partial charge in [-0.15, -0.1) is 0 Å². The maximum Gasteiger partial charge on any atom is 0.344 e. The molecule has 0 spiro atoms. The molecular weight excluding hydrogens is 348 g/mol. The molecule has 4 heteroatoms. The third-order valence-corrected chi connectivity index (χ3v) is 5.70. The van der Waals surface area contributed by atoms with E-state index in [1.807, 2.05) is 24.3 Å². The third kappa shape index (κ3) is 4.04. The van der Waals surface area contributed by atoms with Gasteiger partial charge in [0.25, 0.3) is 0 Å². The van der Waals surface area contributed by atoms with Gasteiger partial charge in [0, 0.05) is 10.4 Å². The summed E-state index contributed by atoms with van der Waals surface area (Å²) in [5.74, 6) is -0.371. The van der Waals surface area contributed by atoms with Crippen molar-refractivity contribution < 1.29 is 14.6 Å². The Hall–Kier alpha value is -2.00. The summed E-state index contributed by atoms with van der Waals surface area (Å²) in [5, 5.41) is 9.77. The lowest BCUT2D eigenvalue weighted by atomic mass is 9.64. The number of halogens is 1. The molecule has 0 amide bonds.